The molecule has 0 unspecified atom stereocenters. The van der Waals surface area contributed by atoms with Crippen LogP contribution in [0.5, 0.6) is 0 Å². The summed E-state index contributed by atoms with van der Waals surface area (Å²) < 4.78 is 1.53. The first kappa shape index (κ1) is 20.9. The van der Waals surface area contributed by atoms with Gasteiger partial charge in [-0.1, -0.05) is 41.4 Å². The zero-order valence-corrected chi connectivity index (χ0v) is 18.9. The average molecular weight is 456 g/mol. The molecule has 4 aromatic rings. The zero-order chi connectivity index (χ0) is 21.3. The van der Waals surface area contributed by atoms with Crippen LogP contribution in [0.1, 0.15) is 11.4 Å². The summed E-state index contributed by atoms with van der Waals surface area (Å²) in [5.74, 6) is 0.704. The van der Waals surface area contributed by atoms with E-state index in [1.807, 2.05) is 0 Å². The van der Waals surface area contributed by atoms with Crippen molar-refractivity contribution in [3.8, 4) is 11.1 Å². The van der Waals surface area contributed by atoms with E-state index in [0.29, 0.717) is 39.1 Å². The Kier molecular flexibility index (Phi) is 6.14. The van der Waals surface area contributed by atoms with Crippen LogP contribution in [0.2, 0.25) is 10.0 Å². The van der Waals surface area contributed by atoms with Gasteiger partial charge in [0.25, 0.3) is 5.56 Å². The van der Waals surface area contributed by atoms with Crippen molar-refractivity contribution in [2.75, 3.05) is 6.26 Å². The summed E-state index contributed by atoms with van der Waals surface area (Å²) in [6.45, 7) is 0. The van der Waals surface area contributed by atoms with Gasteiger partial charge in [-0.05, 0) is 48.6 Å². The van der Waals surface area contributed by atoms with Crippen molar-refractivity contribution in [2.24, 2.45) is 7.05 Å². The summed E-state index contributed by atoms with van der Waals surface area (Å²) in [6, 6.07) is 15.4. The monoisotopic (exact) mass is 455 g/mol. The molecular weight excluding hydrogens is 437 g/mol. The molecule has 0 N–H and O–H groups in total. The Morgan fingerprint density at radius 1 is 1.03 bits per heavy atom. The second-order valence-corrected chi connectivity index (χ2v) is 8.63. The lowest BCUT2D eigenvalue weighted by molar-refractivity contribution is 0.833. The number of nitrogens with zero attached hydrogens (tertiary/aromatic N) is 3. The molecule has 30 heavy (non-hydrogen) atoms. The molecule has 0 aliphatic rings. The molecule has 0 radical (unpaired) electrons. The first-order valence-electron chi connectivity index (χ1n) is 9.41. The normalized spacial score (nSPS) is 11.2. The van der Waals surface area contributed by atoms with Crippen LogP contribution in [0.15, 0.2) is 64.4 Å². The second kappa shape index (κ2) is 8.80. The Bertz CT molecular complexity index is 1280. The first-order chi connectivity index (χ1) is 14.5. The van der Waals surface area contributed by atoms with Crippen LogP contribution >= 0.6 is 35.0 Å². The Hall–Kier alpha value is -2.34. The molecule has 0 saturated heterocycles. The van der Waals surface area contributed by atoms with Crippen molar-refractivity contribution in [2.45, 2.75) is 17.7 Å². The van der Waals surface area contributed by atoms with Gasteiger partial charge >= 0.3 is 0 Å². The average Bonchev–Trinajstić information content (AvgIpc) is 2.75. The number of rotatable bonds is 5. The van der Waals surface area contributed by atoms with Crippen molar-refractivity contribution in [3.05, 3.63) is 86.5 Å². The van der Waals surface area contributed by atoms with Gasteiger partial charge in [0.1, 0.15) is 11.5 Å². The fourth-order valence-electron chi connectivity index (χ4n) is 3.42. The van der Waals surface area contributed by atoms with Gasteiger partial charge < -0.3 is 0 Å². The summed E-state index contributed by atoms with van der Waals surface area (Å²) in [5.41, 5.74) is 2.60. The minimum Gasteiger partial charge on any atom is -0.295 e. The van der Waals surface area contributed by atoms with Crippen molar-refractivity contribution >= 4 is 46.0 Å². The molecule has 152 valence electrons. The molecule has 7 heteroatoms. The Morgan fingerprint density at radius 2 is 1.77 bits per heavy atom. The number of fused-ring (bicyclic) bond motifs is 1. The van der Waals surface area contributed by atoms with Gasteiger partial charge in [0.15, 0.2) is 0 Å². The van der Waals surface area contributed by atoms with E-state index in [0.717, 1.165) is 11.8 Å². The van der Waals surface area contributed by atoms with Crippen molar-refractivity contribution in [3.63, 3.8) is 0 Å². The van der Waals surface area contributed by atoms with Crippen LogP contribution < -0.4 is 5.56 Å². The molecule has 0 saturated carbocycles. The van der Waals surface area contributed by atoms with Crippen LogP contribution in [0, 0.1) is 0 Å². The number of aromatic nitrogens is 3. The second-order valence-electron chi connectivity index (χ2n) is 6.94. The number of pyridine rings is 1. The van der Waals surface area contributed by atoms with E-state index in [-0.39, 0.29) is 5.56 Å². The molecular formula is C23H19Cl2N3OS. The fourth-order valence-corrected chi connectivity index (χ4v) is 4.51. The number of halogens is 2. The highest BCUT2D eigenvalue weighted by molar-refractivity contribution is 7.98. The molecule has 0 fully saturated rings. The smallest absolute Gasteiger partial charge is 0.259 e. The lowest BCUT2D eigenvalue weighted by atomic mass is 10.1. The van der Waals surface area contributed by atoms with E-state index in [2.05, 4.69) is 40.5 Å². The molecule has 0 amide bonds. The topological polar surface area (TPSA) is 47.8 Å². The number of hydrogen-bond acceptors (Lipinski definition) is 4. The highest BCUT2D eigenvalue weighted by atomic mass is 35.5. The highest BCUT2D eigenvalue weighted by Crippen LogP contribution is 2.33. The first-order valence-corrected chi connectivity index (χ1v) is 11.4. The van der Waals surface area contributed by atoms with Crippen LogP contribution in [0.25, 0.3) is 22.2 Å². The number of aryl methyl sites for hydroxylation is 3. The maximum Gasteiger partial charge on any atom is 0.259 e. The van der Waals surface area contributed by atoms with E-state index < -0.39 is 0 Å². The minimum atomic E-state index is -0.199. The summed E-state index contributed by atoms with van der Waals surface area (Å²) in [6.07, 6.45) is 5.35. The number of thioether (sulfide) groups is 1. The molecule has 2 aromatic heterocycles. The molecule has 0 atom stereocenters. The third-order valence-corrected chi connectivity index (χ3v) is 6.36. The highest BCUT2D eigenvalue weighted by Gasteiger charge is 2.16. The van der Waals surface area contributed by atoms with Crippen molar-refractivity contribution in [1.29, 1.82) is 0 Å². The van der Waals surface area contributed by atoms with Crippen LogP contribution in [-0.2, 0) is 19.9 Å². The molecule has 4 rings (SSSR count). The van der Waals surface area contributed by atoms with Crippen LogP contribution in [0.4, 0.5) is 0 Å². The molecule has 0 aliphatic carbocycles. The largest absolute Gasteiger partial charge is 0.295 e. The third kappa shape index (κ3) is 4.10. The summed E-state index contributed by atoms with van der Waals surface area (Å²) in [4.78, 5) is 23.4. The van der Waals surface area contributed by atoms with E-state index in [9.17, 15) is 4.79 Å². The molecule has 4 nitrogen and oxygen atoms in total. The lowest BCUT2D eigenvalue weighted by Gasteiger charge is -2.11. The molecule has 2 heterocycles. The summed E-state index contributed by atoms with van der Waals surface area (Å²) in [5, 5.41) is 1.63. The predicted molar refractivity (Wildman–Crippen MR) is 126 cm³/mol. The maximum atomic E-state index is 13.0. The molecule has 0 aliphatic heterocycles. The van der Waals surface area contributed by atoms with E-state index >= 15 is 0 Å². The van der Waals surface area contributed by atoms with Gasteiger partial charge in [0.2, 0.25) is 0 Å². The number of hydrogen-bond donors (Lipinski definition) is 0. The standard InChI is InChI=1S/C23H19Cl2N3OS/c1-28-22-15(12-17(23(28)29)21-18(24)7-4-8-19(21)25)13-26-20(27-22)10-9-14-5-3-6-16(11-14)30-2/h3-8,11-13H,9-10H2,1-2H3. The van der Waals surface area contributed by atoms with Gasteiger partial charge in [-0.25, -0.2) is 9.97 Å². The van der Waals surface area contributed by atoms with Crippen molar-refractivity contribution in [1.82, 2.24) is 14.5 Å². The van der Waals surface area contributed by atoms with Crippen molar-refractivity contribution < 1.29 is 0 Å². The predicted octanol–water partition coefficient (Wildman–Crippen LogP) is 5.81. The summed E-state index contributed by atoms with van der Waals surface area (Å²) in [7, 11) is 1.71. The quantitative estimate of drug-likeness (QED) is 0.356. The van der Waals surface area contributed by atoms with Gasteiger partial charge in [-0.3, -0.25) is 9.36 Å². The molecule has 0 spiro atoms. The van der Waals surface area contributed by atoms with Crippen LogP contribution in [-0.4, -0.2) is 20.8 Å². The van der Waals surface area contributed by atoms with E-state index in [1.54, 1.807) is 49.3 Å². The minimum absolute atomic E-state index is 0.199. The van der Waals surface area contributed by atoms with Gasteiger partial charge in [0, 0.05) is 35.5 Å². The SMILES string of the molecule is CSc1cccc(CCc2ncc3cc(-c4c(Cl)cccc4Cl)c(=O)n(C)c3n2)c1. The third-order valence-electron chi connectivity index (χ3n) is 5.00. The molecule has 0 bridgehead atoms. The lowest BCUT2D eigenvalue weighted by Crippen LogP contribution is -2.20. The van der Waals surface area contributed by atoms with Gasteiger partial charge in [-0.2, -0.15) is 0 Å². The maximum absolute atomic E-state index is 13.0. The Labute approximate surface area is 188 Å². The molecule has 2 aromatic carbocycles. The van der Waals surface area contributed by atoms with E-state index in [4.69, 9.17) is 23.2 Å². The van der Waals surface area contributed by atoms with Gasteiger partial charge in [0.05, 0.1) is 15.6 Å². The Morgan fingerprint density at radius 3 is 2.50 bits per heavy atom. The summed E-state index contributed by atoms with van der Waals surface area (Å²) >= 11 is 14.4. The van der Waals surface area contributed by atoms with Gasteiger partial charge in [-0.15, -0.1) is 11.8 Å². The Balaban J connectivity index is 1.70. The zero-order valence-electron chi connectivity index (χ0n) is 16.5. The van der Waals surface area contributed by atoms with E-state index in [1.165, 1.54) is 15.0 Å². The fraction of sp³-hybridized carbons (Fsp3) is 0.174. The van der Waals surface area contributed by atoms with Crippen LogP contribution in [0.3, 0.4) is 0 Å². The number of benzene rings is 2.